The third-order valence-electron chi connectivity index (χ3n) is 6.10. The van der Waals surface area contributed by atoms with Crippen LogP contribution in [0.2, 0.25) is 5.02 Å². The molecular formula is C19H23ClN4O. The lowest BCUT2D eigenvalue weighted by molar-refractivity contribution is -0.126. The molecule has 1 saturated heterocycles. The Labute approximate surface area is 152 Å². The zero-order valence-electron chi connectivity index (χ0n) is 14.3. The van der Waals surface area contributed by atoms with Crippen LogP contribution >= 0.6 is 11.6 Å². The van der Waals surface area contributed by atoms with Gasteiger partial charge in [-0.25, -0.2) is 4.98 Å². The average Bonchev–Trinajstić information content (AvgIpc) is 3.44. The summed E-state index contributed by atoms with van der Waals surface area (Å²) in [6.45, 7) is 3.35. The van der Waals surface area contributed by atoms with Gasteiger partial charge >= 0.3 is 0 Å². The largest absolute Gasteiger partial charge is 0.347 e. The Morgan fingerprint density at radius 3 is 2.64 bits per heavy atom. The molecule has 3 aliphatic rings. The normalized spacial score (nSPS) is 23.7. The van der Waals surface area contributed by atoms with Gasteiger partial charge in [0.25, 0.3) is 0 Å². The molecule has 6 heteroatoms. The molecule has 3 fully saturated rings. The standard InChI is InChI=1S/C19H23ClN4O/c20-15-3-9-21-16-14(15)4-12-24(16)19(7-8-19)17(25)22-18(5-6-18)13-23-10-1-2-11-23/h3-4,9,12H,1-2,5-8,10-11,13H2,(H,22,25). The summed E-state index contributed by atoms with van der Waals surface area (Å²) < 4.78 is 2.04. The van der Waals surface area contributed by atoms with Crippen molar-refractivity contribution < 1.29 is 4.79 Å². The smallest absolute Gasteiger partial charge is 0.246 e. The molecule has 1 amide bonds. The summed E-state index contributed by atoms with van der Waals surface area (Å²) in [5, 5.41) is 5.01. The fraction of sp³-hybridized carbons (Fsp3) is 0.579. The Balaban J connectivity index is 1.38. The number of carbonyl (C=O) groups excluding carboxylic acids is 1. The van der Waals surface area contributed by atoms with Crippen molar-refractivity contribution >= 4 is 28.5 Å². The van der Waals surface area contributed by atoms with Gasteiger partial charge in [-0.1, -0.05) is 11.6 Å². The Morgan fingerprint density at radius 2 is 1.96 bits per heavy atom. The number of nitrogens with zero attached hydrogens (tertiary/aromatic N) is 3. The van der Waals surface area contributed by atoms with Crippen molar-refractivity contribution in [2.75, 3.05) is 19.6 Å². The van der Waals surface area contributed by atoms with Gasteiger partial charge in [-0.05, 0) is 63.7 Å². The summed E-state index contributed by atoms with van der Waals surface area (Å²) in [4.78, 5) is 20.1. The van der Waals surface area contributed by atoms with Crippen molar-refractivity contribution in [1.82, 2.24) is 19.8 Å². The van der Waals surface area contributed by atoms with Crippen LogP contribution in [0.15, 0.2) is 24.5 Å². The van der Waals surface area contributed by atoms with E-state index in [0.717, 1.165) is 43.3 Å². The monoisotopic (exact) mass is 358 g/mol. The number of pyridine rings is 1. The summed E-state index contributed by atoms with van der Waals surface area (Å²) in [6.07, 6.45) is 10.2. The minimum atomic E-state index is -0.472. The molecule has 1 aliphatic heterocycles. The highest BCUT2D eigenvalue weighted by molar-refractivity contribution is 6.35. The van der Waals surface area contributed by atoms with E-state index in [1.165, 1.54) is 25.9 Å². The first kappa shape index (κ1) is 15.6. The maximum absolute atomic E-state index is 13.2. The van der Waals surface area contributed by atoms with Crippen LogP contribution in [0.25, 0.3) is 11.0 Å². The number of amides is 1. The Kier molecular flexibility index (Phi) is 3.41. The van der Waals surface area contributed by atoms with E-state index in [0.29, 0.717) is 5.02 Å². The van der Waals surface area contributed by atoms with Gasteiger partial charge in [-0.2, -0.15) is 0 Å². The highest BCUT2D eigenvalue weighted by atomic mass is 35.5. The molecule has 0 unspecified atom stereocenters. The minimum Gasteiger partial charge on any atom is -0.347 e. The second-order valence-corrected chi connectivity index (χ2v) is 8.37. The first-order valence-electron chi connectivity index (χ1n) is 9.29. The van der Waals surface area contributed by atoms with Crippen molar-refractivity contribution in [3.63, 3.8) is 0 Å². The van der Waals surface area contributed by atoms with Crippen molar-refractivity contribution in [2.45, 2.75) is 49.6 Å². The quantitative estimate of drug-likeness (QED) is 0.894. The third-order valence-corrected chi connectivity index (χ3v) is 6.43. The topological polar surface area (TPSA) is 50.2 Å². The molecule has 2 saturated carbocycles. The molecule has 2 aromatic heterocycles. The van der Waals surface area contributed by atoms with Crippen LogP contribution in [0.3, 0.4) is 0 Å². The predicted octanol–water partition coefficient (Wildman–Crippen LogP) is 2.92. The van der Waals surface area contributed by atoms with E-state index in [2.05, 4.69) is 15.2 Å². The molecule has 3 heterocycles. The second kappa shape index (κ2) is 5.45. The van der Waals surface area contributed by atoms with E-state index >= 15 is 0 Å². The van der Waals surface area contributed by atoms with E-state index in [4.69, 9.17) is 11.6 Å². The van der Waals surface area contributed by atoms with Crippen LogP contribution in [-0.4, -0.2) is 45.5 Å². The zero-order chi connectivity index (χ0) is 17.1. The van der Waals surface area contributed by atoms with Crippen molar-refractivity contribution in [1.29, 1.82) is 0 Å². The maximum Gasteiger partial charge on any atom is 0.246 e. The molecule has 0 aromatic carbocycles. The number of hydrogen-bond donors (Lipinski definition) is 1. The van der Waals surface area contributed by atoms with Crippen LogP contribution in [0.5, 0.6) is 0 Å². The molecule has 0 atom stereocenters. The number of likely N-dealkylation sites (tertiary alicyclic amines) is 1. The molecule has 0 radical (unpaired) electrons. The summed E-state index contributed by atoms with van der Waals surface area (Å²) in [5.74, 6) is 0.156. The highest BCUT2D eigenvalue weighted by Gasteiger charge is 2.56. The molecular weight excluding hydrogens is 336 g/mol. The van der Waals surface area contributed by atoms with Crippen molar-refractivity contribution in [3.8, 4) is 0 Å². The highest BCUT2D eigenvalue weighted by Crippen LogP contribution is 2.48. The first-order valence-corrected chi connectivity index (χ1v) is 9.67. The second-order valence-electron chi connectivity index (χ2n) is 7.97. The number of hydrogen-bond acceptors (Lipinski definition) is 3. The Bertz CT molecular complexity index is 831. The van der Waals surface area contributed by atoms with Crippen molar-refractivity contribution in [3.05, 3.63) is 29.5 Å². The fourth-order valence-corrected chi connectivity index (χ4v) is 4.45. The molecule has 2 aromatic rings. The SMILES string of the molecule is O=C(NC1(CN2CCCC2)CC1)C1(n2ccc3c(Cl)ccnc32)CC1. The number of aromatic nitrogens is 2. The summed E-state index contributed by atoms with van der Waals surface area (Å²) in [5.41, 5.74) is 0.343. The number of rotatable bonds is 5. The maximum atomic E-state index is 13.2. The van der Waals surface area contributed by atoms with E-state index in [1.54, 1.807) is 12.3 Å². The van der Waals surface area contributed by atoms with Gasteiger partial charge in [0.1, 0.15) is 11.2 Å². The molecule has 2 aliphatic carbocycles. The lowest BCUT2D eigenvalue weighted by Crippen LogP contribution is -2.50. The van der Waals surface area contributed by atoms with Gasteiger partial charge in [-0.15, -0.1) is 0 Å². The minimum absolute atomic E-state index is 0.00500. The molecule has 132 valence electrons. The zero-order valence-corrected chi connectivity index (χ0v) is 15.1. The van der Waals surface area contributed by atoms with Gasteiger partial charge in [0.2, 0.25) is 5.91 Å². The van der Waals surface area contributed by atoms with Gasteiger partial charge in [0, 0.05) is 24.3 Å². The Hall–Kier alpha value is -1.59. The van der Waals surface area contributed by atoms with Crippen LogP contribution in [-0.2, 0) is 10.3 Å². The van der Waals surface area contributed by atoms with Gasteiger partial charge in [-0.3, -0.25) is 4.79 Å². The summed E-state index contributed by atoms with van der Waals surface area (Å²) >= 11 is 6.27. The predicted molar refractivity (Wildman–Crippen MR) is 97.7 cm³/mol. The van der Waals surface area contributed by atoms with Crippen LogP contribution in [0.4, 0.5) is 0 Å². The molecule has 0 spiro atoms. The third kappa shape index (κ3) is 2.56. The number of fused-ring (bicyclic) bond motifs is 1. The van der Waals surface area contributed by atoms with Crippen LogP contribution in [0, 0.1) is 0 Å². The van der Waals surface area contributed by atoms with Gasteiger partial charge in [0.15, 0.2) is 0 Å². The molecule has 1 N–H and O–H groups in total. The number of nitrogens with one attached hydrogen (secondary N) is 1. The van der Waals surface area contributed by atoms with Crippen LogP contribution in [0.1, 0.15) is 38.5 Å². The number of carbonyl (C=O) groups is 1. The first-order chi connectivity index (χ1) is 12.1. The molecule has 5 nitrogen and oxygen atoms in total. The van der Waals surface area contributed by atoms with E-state index in [-0.39, 0.29) is 11.4 Å². The van der Waals surface area contributed by atoms with Crippen LogP contribution < -0.4 is 5.32 Å². The lowest BCUT2D eigenvalue weighted by atomic mass is 10.1. The summed E-state index contributed by atoms with van der Waals surface area (Å²) in [7, 11) is 0. The lowest BCUT2D eigenvalue weighted by Gasteiger charge is -2.27. The van der Waals surface area contributed by atoms with E-state index in [9.17, 15) is 4.79 Å². The van der Waals surface area contributed by atoms with Crippen molar-refractivity contribution in [2.24, 2.45) is 0 Å². The van der Waals surface area contributed by atoms with Gasteiger partial charge in [0.05, 0.1) is 10.6 Å². The fourth-order valence-electron chi connectivity index (χ4n) is 4.25. The van der Waals surface area contributed by atoms with Gasteiger partial charge < -0.3 is 14.8 Å². The molecule has 0 bridgehead atoms. The molecule has 25 heavy (non-hydrogen) atoms. The molecule has 5 rings (SSSR count). The summed E-state index contributed by atoms with van der Waals surface area (Å²) in [6, 6.07) is 3.76. The number of halogens is 1. The van der Waals surface area contributed by atoms with E-state index < -0.39 is 5.54 Å². The Morgan fingerprint density at radius 1 is 1.20 bits per heavy atom. The average molecular weight is 359 g/mol. The van der Waals surface area contributed by atoms with E-state index in [1.807, 2.05) is 16.8 Å².